The van der Waals surface area contributed by atoms with Crippen molar-refractivity contribution in [1.82, 2.24) is 0 Å². The first-order chi connectivity index (χ1) is 9.41. The average Bonchev–Trinajstić information content (AvgIpc) is 2.74. The monoisotopic (exact) mass is 329 g/mol. The van der Waals surface area contributed by atoms with Gasteiger partial charge in [-0.3, -0.25) is 4.79 Å². The van der Waals surface area contributed by atoms with Crippen LogP contribution in [0.3, 0.4) is 0 Å². The van der Waals surface area contributed by atoms with Crippen molar-refractivity contribution in [2.24, 2.45) is 0 Å². The first kappa shape index (κ1) is 14.8. The summed E-state index contributed by atoms with van der Waals surface area (Å²) in [5, 5.41) is 13.7. The van der Waals surface area contributed by atoms with Gasteiger partial charge in [0.05, 0.1) is 21.3 Å². The fourth-order valence-corrected chi connectivity index (χ4v) is 2.85. The molecule has 0 saturated heterocycles. The number of benzene rings is 1. The third-order valence-electron chi connectivity index (χ3n) is 2.60. The fraction of sp³-hybridized carbons (Fsp3) is 0.0769. The molecule has 0 aliphatic heterocycles. The van der Waals surface area contributed by atoms with Crippen molar-refractivity contribution in [3.8, 4) is 0 Å². The first-order valence-electron chi connectivity index (χ1n) is 5.48. The van der Waals surface area contributed by atoms with Crippen molar-refractivity contribution in [3.05, 3.63) is 49.6 Å². The van der Waals surface area contributed by atoms with E-state index in [9.17, 15) is 9.59 Å². The Kier molecular flexibility index (Phi) is 4.32. The van der Waals surface area contributed by atoms with E-state index in [4.69, 9.17) is 28.3 Å². The van der Waals surface area contributed by atoms with Gasteiger partial charge in [0.2, 0.25) is 0 Å². The van der Waals surface area contributed by atoms with E-state index >= 15 is 0 Å². The van der Waals surface area contributed by atoms with Gasteiger partial charge in [-0.1, -0.05) is 29.3 Å². The highest BCUT2D eigenvalue weighted by Crippen LogP contribution is 2.30. The van der Waals surface area contributed by atoms with Crippen LogP contribution in [0.5, 0.6) is 0 Å². The molecule has 2 rings (SSSR count). The molecular formula is C13H9Cl2NO3S. The topological polar surface area (TPSA) is 66.4 Å². The van der Waals surface area contributed by atoms with Crippen LogP contribution in [0.1, 0.15) is 25.6 Å². The van der Waals surface area contributed by atoms with E-state index in [2.05, 4.69) is 5.32 Å². The molecule has 2 N–H and O–H groups in total. The van der Waals surface area contributed by atoms with E-state index in [1.807, 2.05) is 0 Å². The summed E-state index contributed by atoms with van der Waals surface area (Å²) in [7, 11) is 0. The summed E-state index contributed by atoms with van der Waals surface area (Å²) in [5.41, 5.74) is 1.16. The van der Waals surface area contributed by atoms with Crippen LogP contribution in [0.4, 0.5) is 5.69 Å². The quantitative estimate of drug-likeness (QED) is 0.881. The predicted molar refractivity (Wildman–Crippen MR) is 80.4 cm³/mol. The molecule has 0 aliphatic rings. The number of carbonyl (C=O) groups excluding carboxylic acids is 1. The number of halogens is 2. The Morgan fingerprint density at radius 1 is 1.30 bits per heavy atom. The summed E-state index contributed by atoms with van der Waals surface area (Å²) >= 11 is 12.9. The number of carboxylic acid groups (broad SMARTS) is 1. The number of carbonyl (C=O) groups is 2. The van der Waals surface area contributed by atoms with Crippen LogP contribution in [0.15, 0.2) is 23.6 Å². The van der Waals surface area contributed by atoms with Gasteiger partial charge in [-0.25, -0.2) is 4.79 Å². The van der Waals surface area contributed by atoms with Crippen LogP contribution in [0.25, 0.3) is 0 Å². The lowest BCUT2D eigenvalue weighted by atomic mass is 10.2. The zero-order valence-electron chi connectivity index (χ0n) is 10.2. The molecule has 1 aromatic heterocycles. The summed E-state index contributed by atoms with van der Waals surface area (Å²) < 4.78 is 0. The molecular weight excluding hydrogens is 321 g/mol. The van der Waals surface area contributed by atoms with Gasteiger partial charge in [-0.2, -0.15) is 0 Å². The number of nitrogens with one attached hydrogen (secondary N) is 1. The molecule has 2 aromatic rings. The molecule has 4 nitrogen and oxygen atoms in total. The van der Waals surface area contributed by atoms with E-state index < -0.39 is 11.9 Å². The van der Waals surface area contributed by atoms with Gasteiger partial charge in [0.1, 0.15) is 4.88 Å². The van der Waals surface area contributed by atoms with Crippen molar-refractivity contribution >= 4 is 52.1 Å². The van der Waals surface area contributed by atoms with E-state index in [0.29, 0.717) is 5.56 Å². The Morgan fingerprint density at radius 3 is 2.65 bits per heavy atom. The minimum absolute atomic E-state index is 0.0778. The Balaban J connectivity index is 2.35. The molecule has 1 heterocycles. The van der Waals surface area contributed by atoms with Crippen LogP contribution < -0.4 is 5.32 Å². The number of anilines is 1. The Bertz CT molecular complexity index is 697. The van der Waals surface area contributed by atoms with Crippen LogP contribution >= 0.6 is 34.5 Å². The largest absolute Gasteiger partial charge is 0.477 e. The number of hydrogen-bond donors (Lipinski definition) is 2. The maximum absolute atomic E-state index is 12.2. The molecule has 0 bridgehead atoms. The summed E-state index contributed by atoms with van der Waals surface area (Å²) in [6.45, 7) is 1.72. The molecule has 0 atom stereocenters. The van der Waals surface area contributed by atoms with Crippen LogP contribution in [0, 0.1) is 6.92 Å². The lowest BCUT2D eigenvalue weighted by Gasteiger charge is -2.08. The molecule has 0 radical (unpaired) electrons. The zero-order chi connectivity index (χ0) is 14.9. The molecule has 1 aromatic carbocycles. The predicted octanol–water partition coefficient (Wildman–Crippen LogP) is 4.31. The molecule has 0 fully saturated rings. The smallest absolute Gasteiger partial charge is 0.348 e. The third kappa shape index (κ3) is 2.80. The Labute approximate surface area is 128 Å². The molecule has 0 saturated carbocycles. The van der Waals surface area contributed by atoms with Crippen molar-refractivity contribution in [3.63, 3.8) is 0 Å². The van der Waals surface area contributed by atoms with Crippen molar-refractivity contribution in [1.29, 1.82) is 0 Å². The lowest BCUT2D eigenvalue weighted by molar-refractivity contribution is 0.0703. The summed E-state index contributed by atoms with van der Waals surface area (Å²) in [4.78, 5) is 23.3. The standard InChI is InChI=1S/C13H9Cl2NO3S/c1-6-5-20-11(13(18)19)10(6)16-12(17)7-3-2-4-8(14)9(7)15/h2-5H,1H3,(H,16,17)(H,18,19). The number of rotatable bonds is 3. The fourth-order valence-electron chi connectivity index (χ4n) is 1.62. The number of hydrogen-bond acceptors (Lipinski definition) is 3. The Hall–Kier alpha value is -1.56. The average molecular weight is 330 g/mol. The highest BCUT2D eigenvalue weighted by Gasteiger charge is 2.19. The van der Waals surface area contributed by atoms with Crippen molar-refractivity contribution in [2.45, 2.75) is 6.92 Å². The summed E-state index contributed by atoms with van der Waals surface area (Å²) in [6.07, 6.45) is 0. The second-order valence-corrected chi connectivity index (χ2v) is 5.65. The van der Waals surface area contributed by atoms with Crippen molar-refractivity contribution in [2.75, 3.05) is 5.32 Å². The lowest BCUT2D eigenvalue weighted by Crippen LogP contribution is -2.14. The number of aromatic carboxylic acids is 1. The minimum Gasteiger partial charge on any atom is -0.477 e. The maximum Gasteiger partial charge on any atom is 0.348 e. The van der Waals surface area contributed by atoms with Gasteiger partial charge in [-0.15, -0.1) is 11.3 Å². The van der Waals surface area contributed by atoms with Crippen LogP contribution in [-0.2, 0) is 0 Å². The van der Waals surface area contributed by atoms with E-state index in [1.165, 1.54) is 6.07 Å². The Morgan fingerprint density at radius 2 is 2.00 bits per heavy atom. The zero-order valence-corrected chi connectivity index (χ0v) is 12.6. The van der Waals surface area contributed by atoms with Crippen molar-refractivity contribution < 1.29 is 14.7 Å². The van der Waals surface area contributed by atoms with E-state index in [1.54, 1.807) is 24.4 Å². The SMILES string of the molecule is Cc1csc(C(=O)O)c1NC(=O)c1cccc(Cl)c1Cl. The number of thiophene rings is 1. The molecule has 1 amide bonds. The third-order valence-corrected chi connectivity index (χ3v) is 4.51. The van der Waals surface area contributed by atoms with Gasteiger partial charge in [0, 0.05) is 0 Å². The van der Waals surface area contributed by atoms with E-state index in [0.717, 1.165) is 11.3 Å². The number of aryl methyl sites for hydroxylation is 1. The van der Waals surface area contributed by atoms with Crippen LogP contribution in [0.2, 0.25) is 10.0 Å². The second-order valence-electron chi connectivity index (χ2n) is 3.98. The van der Waals surface area contributed by atoms with Gasteiger partial charge >= 0.3 is 5.97 Å². The molecule has 0 unspecified atom stereocenters. The normalized spacial score (nSPS) is 10.3. The van der Waals surface area contributed by atoms with Crippen LogP contribution in [-0.4, -0.2) is 17.0 Å². The molecule has 0 aliphatic carbocycles. The highest BCUT2D eigenvalue weighted by molar-refractivity contribution is 7.12. The number of carboxylic acids is 1. The number of amides is 1. The molecule has 104 valence electrons. The maximum atomic E-state index is 12.2. The molecule has 20 heavy (non-hydrogen) atoms. The first-order valence-corrected chi connectivity index (χ1v) is 7.12. The second kappa shape index (κ2) is 5.83. The van der Waals surface area contributed by atoms with E-state index in [-0.39, 0.29) is 26.2 Å². The van der Waals surface area contributed by atoms with Gasteiger partial charge in [0.25, 0.3) is 5.91 Å². The highest BCUT2D eigenvalue weighted by atomic mass is 35.5. The van der Waals surface area contributed by atoms with Gasteiger partial charge in [-0.05, 0) is 30.0 Å². The van der Waals surface area contributed by atoms with Gasteiger partial charge in [0.15, 0.2) is 0 Å². The summed E-state index contributed by atoms with van der Waals surface area (Å²) in [5.74, 6) is -1.59. The molecule has 7 heteroatoms. The minimum atomic E-state index is -1.09. The van der Waals surface area contributed by atoms with Gasteiger partial charge < -0.3 is 10.4 Å². The molecule has 0 spiro atoms. The summed E-state index contributed by atoms with van der Waals surface area (Å²) in [6, 6.07) is 4.69.